The number of hydroxylamine groups is 2. The number of carbonyl (C=O) groups excluding carboxylic acids is 2. The van der Waals surface area contributed by atoms with Gasteiger partial charge in [0.15, 0.2) is 0 Å². The van der Waals surface area contributed by atoms with Gasteiger partial charge >= 0.3 is 11.9 Å². The molecule has 0 aromatic rings. The van der Waals surface area contributed by atoms with Gasteiger partial charge in [-0.05, 0) is 6.42 Å². The molecule has 76 valence electrons. The topological polar surface area (TPSA) is 55.8 Å². The quantitative estimate of drug-likeness (QED) is 0.276. The summed E-state index contributed by atoms with van der Waals surface area (Å²) in [4.78, 5) is 26.1. The van der Waals surface area contributed by atoms with Gasteiger partial charge in [-0.3, -0.25) is 0 Å². The Bertz CT molecular complexity index is 179. The van der Waals surface area contributed by atoms with E-state index < -0.39 is 11.9 Å². The fraction of sp³-hybridized carbons (Fsp3) is 0.750. The number of unbranched alkanes of at least 4 members (excludes halogenated alkanes) is 1. The van der Waals surface area contributed by atoms with E-state index in [9.17, 15) is 9.59 Å². The lowest BCUT2D eigenvalue weighted by molar-refractivity contribution is -0.190. The molecule has 0 radical (unpaired) electrons. The van der Waals surface area contributed by atoms with Gasteiger partial charge in [0.05, 0.1) is 6.61 Å². The Morgan fingerprint density at radius 2 is 1.85 bits per heavy atom. The average molecular weight is 189 g/mol. The lowest BCUT2D eigenvalue weighted by atomic mass is 10.4. The summed E-state index contributed by atoms with van der Waals surface area (Å²) < 4.78 is 4.60. The second kappa shape index (κ2) is 6.42. The Morgan fingerprint density at radius 3 is 2.31 bits per heavy atom. The molecule has 13 heavy (non-hydrogen) atoms. The molecule has 0 heterocycles. The van der Waals surface area contributed by atoms with Crippen molar-refractivity contribution < 1.29 is 19.2 Å². The molecular weight excluding hydrogens is 174 g/mol. The molecule has 0 rings (SSSR count). The van der Waals surface area contributed by atoms with Gasteiger partial charge in [-0.2, -0.15) is 0 Å². The summed E-state index contributed by atoms with van der Waals surface area (Å²) >= 11 is 0. The Kier molecular flexibility index (Phi) is 5.88. The summed E-state index contributed by atoms with van der Waals surface area (Å²) in [5.74, 6) is -1.93. The van der Waals surface area contributed by atoms with Gasteiger partial charge in [0, 0.05) is 14.1 Å². The Morgan fingerprint density at radius 1 is 1.23 bits per heavy atom. The minimum atomic E-state index is -0.985. The van der Waals surface area contributed by atoms with Crippen LogP contribution in [0.5, 0.6) is 0 Å². The van der Waals surface area contributed by atoms with E-state index in [2.05, 4.69) is 9.57 Å². The van der Waals surface area contributed by atoms with Crippen LogP contribution in [0, 0.1) is 0 Å². The minimum Gasteiger partial charge on any atom is -0.457 e. The van der Waals surface area contributed by atoms with Gasteiger partial charge in [-0.25, -0.2) is 9.59 Å². The zero-order valence-corrected chi connectivity index (χ0v) is 8.20. The molecule has 0 fully saturated rings. The fourth-order valence-corrected chi connectivity index (χ4v) is 0.571. The van der Waals surface area contributed by atoms with E-state index >= 15 is 0 Å². The van der Waals surface area contributed by atoms with Gasteiger partial charge in [0.2, 0.25) is 0 Å². The third-order valence-corrected chi connectivity index (χ3v) is 1.16. The maximum atomic E-state index is 10.8. The van der Waals surface area contributed by atoms with Gasteiger partial charge in [0.1, 0.15) is 0 Å². The van der Waals surface area contributed by atoms with Crippen LogP contribution in [0.4, 0.5) is 0 Å². The molecule has 0 unspecified atom stereocenters. The molecule has 5 nitrogen and oxygen atoms in total. The summed E-state index contributed by atoms with van der Waals surface area (Å²) in [6.07, 6.45) is 1.66. The van der Waals surface area contributed by atoms with E-state index in [4.69, 9.17) is 0 Å². The average Bonchev–Trinajstić information content (AvgIpc) is 2.03. The maximum Gasteiger partial charge on any atom is 0.436 e. The van der Waals surface area contributed by atoms with E-state index in [1.807, 2.05) is 6.92 Å². The highest BCUT2D eigenvalue weighted by molar-refractivity contribution is 6.29. The Balaban J connectivity index is 3.64. The van der Waals surface area contributed by atoms with Crippen molar-refractivity contribution in [1.29, 1.82) is 0 Å². The van der Waals surface area contributed by atoms with E-state index in [-0.39, 0.29) is 6.61 Å². The van der Waals surface area contributed by atoms with Crippen molar-refractivity contribution in [2.75, 3.05) is 20.7 Å². The molecule has 5 heteroatoms. The molecule has 0 aromatic carbocycles. The molecule has 0 bridgehead atoms. The first-order chi connectivity index (χ1) is 6.07. The number of rotatable bonds is 4. The number of esters is 1. The first-order valence-electron chi connectivity index (χ1n) is 4.14. The zero-order valence-electron chi connectivity index (χ0n) is 8.20. The van der Waals surface area contributed by atoms with Crippen LogP contribution in [0.3, 0.4) is 0 Å². The van der Waals surface area contributed by atoms with E-state index in [0.717, 1.165) is 17.9 Å². The monoisotopic (exact) mass is 189 g/mol. The standard InChI is InChI=1S/C8H15NO4/c1-4-5-6-12-7(10)8(11)13-9(2)3/h4-6H2,1-3H3. The van der Waals surface area contributed by atoms with Gasteiger partial charge in [0.25, 0.3) is 0 Å². The third-order valence-electron chi connectivity index (χ3n) is 1.16. The fourth-order valence-electron chi connectivity index (χ4n) is 0.571. The highest BCUT2D eigenvalue weighted by Crippen LogP contribution is 1.91. The highest BCUT2D eigenvalue weighted by atomic mass is 16.7. The van der Waals surface area contributed by atoms with E-state index in [1.54, 1.807) is 0 Å². The van der Waals surface area contributed by atoms with Crippen LogP contribution < -0.4 is 0 Å². The van der Waals surface area contributed by atoms with Crippen LogP contribution in [0.1, 0.15) is 19.8 Å². The third kappa shape index (κ3) is 6.10. The molecule has 0 saturated carbocycles. The lowest BCUT2D eigenvalue weighted by Crippen LogP contribution is -2.27. The number of carbonyl (C=O) groups is 2. The highest BCUT2D eigenvalue weighted by Gasteiger charge is 2.17. The second-order valence-corrected chi connectivity index (χ2v) is 2.68. The Hall–Kier alpha value is -1.10. The molecule has 0 aromatic heterocycles. The van der Waals surface area contributed by atoms with Gasteiger partial charge < -0.3 is 9.57 Å². The van der Waals surface area contributed by atoms with Crippen LogP contribution in [0.25, 0.3) is 0 Å². The first kappa shape index (κ1) is 11.9. The summed E-state index contributed by atoms with van der Waals surface area (Å²) in [5.41, 5.74) is 0. The number of hydrogen-bond donors (Lipinski definition) is 0. The molecule has 0 spiro atoms. The van der Waals surface area contributed by atoms with Crippen molar-refractivity contribution in [3.8, 4) is 0 Å². The van der Waals surface area contributed by atoms with Gasteiger partial charge in [-0.1, -0.05) is 13.3 Å². The largest absolute Gasteiger partial charge is 0.457 e. The summed E-state index contributed by atoms with van der Waals surface area (Å²) in [5, 5.41) is 1.14. The number of nitrogens with zero attached hydrogens (tertiary/aromatic N) is 1. The molecule has 0 atom stereocenters. The number of hydrogen-bond acceptors (Lipinski definition) is 5. The van der Waals surface area contributed by atoms with Crippen LogP contribution in [-0.2, 0) is 19.2 Å². The van der Waals surface area contributed by atoms with E-state index in [1.165, 1.54) is 14.1 Å². The van der Waals surface area contributed by atoms with Crippen LogP contribution in [0.2, 0.25) is 0 Å². The first-order valence-corrected chi connectivity index (χ1v) is 4.14. The maximum absolute atomic E-state index is 10.8. The predicted molar refractivity (Wildman–Crippen MR) is 45.6 cm³/mol. The van der Waals surface area contributed by atoms with Crippen molar-refractivity contribution in [2.45, 2.75) is 19.8 Å². The van der Waals surface area contributed by atoms with Crippen LogP contribution >= 0.6 is 0 Å². The molecule has 0 aliphatic heterocycles. The SMILES string of the molecule is CCCCOC(=O)C(=O)ON(C)C. The summed E-state index contributed by atoms with van der Waals surface area (Å²) in [6, 6.07) is 0. The lowest BCUT2D eigenvalue weighted by Gasteiger charge is -2.08. The second-order valence-electron chi connectivity index (χ2n) is 2.68. The molecule has 0 aliphatic carbocycles. The zero-order chi connectivity index (χ0) is 10.3. The van der Waals surface area contributed by atoms with Crippen LogP contribution in [0.15, 0.2) is 0 Å². The normalized spacial score (nSPS) is 9.85. The smallest absolute Gasteiger partial charge is 0.436 e. The van der Waals surface area contributed by atoms with Crippen molar-refractivity contribution in [1.82, 2.24) is 5.06 Å². The molecular formula is C8H15NO4. The predicted octanol–water partition coefficient (Wildman–Crippen LogP) is 0.349. The molecule has 0 saturated heterocycles. The van der Waals surface area contributed by atoms with Crippen molar-refractivity contribution in [3.63, 3.8) is 0 Å². The minimum absolute atomic E-state index is 0.262. The van der Waals surface area contributed by atoms with Crippen LogP contribution in [-0.4, -0.2) is 37.7 Å². The molecule has 0 N–H and O–H groups in total. The molecule has 0 amide bonds. The number of ether oxygens (including phenoxy) is 1. The summed E-state index contributed by atoms with van der Waals surface area (Å²) in [7, 11) is 3.02. The van der Waals surface area contributed by atoms with E-state index in [0.29, 0.717) is 0 Å². The van der Waals surface area contributed by atoms with Crippen molar-refractivity contribution >= 4 is 11.9 Å². The molecule has 0 aliphatic rings. The van der Waals surface area contributed by atoms with Gasteiger partial charge in [-0.15, -0.1) is 5.06 Å². The van der Waals surface area contributed by atoms with Crippen molar-refractivity contribution in [3.05, 3.63) is 0 Å². The Labute approximate surface area is 77.6 Å². The summed E-state index contributed by atoms with van der Waals surface area (Å²) in [6.45, 7) is 2.23. The van der Waals surface area contributed by atoms with Crippen molar-refractivity contribution in [2.24, 2.45) is 0 Å².